The van der Waals surface area contributed by atoms with Crippen LogP contribution in [0, 0.1) is 0 Å². The summed E-state index contributed by atoms with van der Waals surface area (Å²) >= 11 is 7.30. The summed E-state index contributed by atoms with van der Waals surface area (Å²) in [4.78, 5) is 28.8. The van der Waals surface area contributed by atoms with Gasteiger partial charge < -0.3 is 9.88 Å². The number of H-pyrrole nitrogens is 1. The number of aromatic nitrogens is 1. The van der Waals surface area contributed by atoms with Gasteiger partial charge in [-0.2, -0.15) is 0 Å². The molecule has 4 nitrogen and oxygen atoms in total. The van der Waals surface area contributed by atoms with Gasteiger partial charge in [0, 0.05) is 23.7 Å². The molecule has 0 unspecified atom stereocenters. The van der Waals surface area contributed by atoms with E-state index in [-0.39, 0.29) is 11.7 Å². The first kappa shape index (κ1) is 13.8. The van der Waals surface area contributed by atoms with E-state index < -0.39 is 0 Å². The highest BCUT2D eigenvalue weighted by Crippen LogP contribution is 2.22. The Kier molecular flexibility index (Phi) is 4.07. The zero-order valence-electron chi connectivity index (χ0n) is 10.6. The molecule has 0 bridgehead atoms. The van der Waals surface area contributed by atoms with E-state index in [1.807, 2.05) is 12.1 Å². The third-order valence-corrected chi connectivity index (χ3v) is 3.90. The van der Waals surface area contributed by atoms with Crippen LogP contribution in [-0.2, 0) is 6.54 Å². The largest absolute Gasteiger partial charge is 0.356 e. The summed E-state index contributed by atoms with van der Waals surface area (Å²) in [5.74, 6) is -0.222. The Morgan fingerprint density at radius 1 is 1.42 bits per heavy atom. The quantitative estimate of drug-likeness (QED) is 0.881. The molecule has 0 radical (unpaired) electrons. The van der Waals surface area contributed by atoms with Gasteiger partial charge in [0.1, 0.15) is 5.69 Å². The first-order valence-electron chi connectivity index (χ1n) is 5.66. The Morgan fingerprint density at radius 2 is 2.16 bits per heavy atom. The predicted molar refractivity (Wildman–Crippen MR) is 75.9 cm³/mol. The number of hydrogen-bond donors (Lipinski definition) is 1. The van der Waals surface area contributed by atoms with Crippen LogP contribution in [0.2, 0.25) is 4.34 Å². The first-order valence-corrected chi connectivity index (χ1v) is 6.86. The molecule has 0 aromatic carbocycles. The number of rotatable bonds is 4. The van der Waals surface area contributed by atoms with E-state index in [0.29, 0.717) is 22.1 Å². The molecule has 1 N–H and O–H groups in total. The SMILES string of the molecule is CC(=O)c1c[nH]c(C(=O)N(C)Cc2ccc(Cl)s2)c1. The standard InChI is InChI=1S/C13H13ClN2O2S/c1-8(17)9-5-11(15-6-9)13(18)16(2)7-10-3-4-12(14)19-10/h3-6,15H,7H2,1-2H3. The van der Waals surface area contributed by atoms with Gasteiger partial charge in [-0.1, -0.05) is 11.6 Å². The van der Waals surface area contributed by atoms with Crippen molar-refractivity contribution in [2.75, 3.05) is 7.05 Å². The van der Waals surface area contributed by atoms with Gasteiger partial charge in [-0.25, -0.2) is 0 Å². The molecule has 0 saturated heterocycles. The van der Waals surface area contributed by atoms with Crippen LogP contribution in [0.3, 0.4) is 0 Å². The second-order valence-corrected chi connectivity index (χ2v) is 6.02. The first-order chi connectivity index (χ1) is 8.97. The van der Waals surface area contributed by atoms with Gasteiger partial charge in [-0.3, -0.25) is 9.59 Å². The van der Waals surface area contributed by atoms with Crippen molar-refractivity contribution < 1.29 is 9.59 Å². The monoisotopic (exact) mass is 296 g/mol. The highest BCUT2D eigenvalue weighted by Gasteiger charge is 2.15. The summed E-state index contributed by atoms with van der Waals surface area (Å²) in [6, 6.07) is 5.28. The molecular weight excluding hydrogens is 284 g/mol. The zero-order chi connectivity index (χ0) is 14.0. The molecule has 0 spiro atoms. The van der Waals surface area contributed by atoms with Gasteiger partial charge in [-0.15, -0.1) is 11.3 Å². The molecule has 0 aliphatic rings. The summed E-state index contributed by atoms with van der Waals surface area (Å²) in [7, 11) is 1.71. The minimum atomic E-state index is -0.156. The van der Waals surface area contributed by atoms with E-state index in [4.69, 9.17) is 11.6 Å². The minimum absolute atomic E-state index is 0.0667. The zero-order valence-corrected chi connectivity index (χ0v) is 12.1. The molecule has 19 heavy (non-hydrogen) atoms. The highest BCUT2D eigenvalue weighted by atomic mass is 35.5. The highest BCUT2D eigenvalue weighted by molar-refractivity contribution is 7.16. The van der Waals surface area contributed by atoms with Crippen molar-refractivity contribution in [3.63, 3.8) is 0 Å². The van der Waals surface area contributed by atoms with Gasteiger partial charge in [0.25, 0.3) is 5.91 Å². The number of carbonyl (C=O) groups excluding carboxylic acids is 2. The summed E-state index contributed by atoms with van der Waals surface area (Å²) in [6.07, 6.45) is 1.55. The second-order valence-electron chi connectivity index (χ2n) is 4.23. The van der Waals surface area contributed by atoms with Crippen LogP contribution in [0.4, 0.5) is 0 Å². The number of Topliss-reactive ketones (excluding diaryl/α,β-unsaturated/α-hetero) is 1. The fourth-order valence-corrected chi connectivity index (χ4v) is 2.81. The van der Waals surface area contributed by atoms with Gasteiger partial charge in [-0.05, 0) is 25.1 Å². The minimum Gasteiger partial charge on any atom is -0.356 e. The number of halogens is 1. The predicted octanol–water partition coefficient (Wildman–Crippen LogP) is 3.20. The molecule has 2 aromatic heterocycles. The molecule has 1 amide bonds. The maximum absolute atomic E-state index is 12.1. The van der Waals surface area contributed by atoms with Crippen molar-refractivity contribution in [1.29, 1.82) is 0 Å². The summed E-state index contributed by atoms with van der Waals surface area (Å²) in [5, 5.41) is 0. The second kappa shape index (κ2) is 5.59. The summed E-state index contributed by atoms with van der Waals surface area (Å²) < 4.78 is 0.703. The van der Waals surface area contributed by atoms with Crippen LogP contribution >= 0.6 is 22.9 Å². The lowest BCUT2D eigenvalue weighted by molar-refractivity contribution is 0.0781. The van der Waals surface area contributed by atoms with Gasteiger partial charge in [0.15, 0.2) is 5.78 Å². The van der Waals surface area contributed by atoms with Crippen LogP contribution < -0.4 is 0 Å². The lowest BCUT2D eigenvalue weighted by Crippen LogP contribution is -2.26. The van der Waals surface area contributed by atoms with Crippen molar-refractivity contribution in [2.45, 2.75) is 13.5 Å². The van der Waals surface area contributed by atoms with Crippen molar-refractivity contribution in [3.05, 3.63) is 44.9 Å². The van der Waals surface area contributed by atoms with Crippen LogP contribution in [0.15, 0.2) is 24.4 Å². The van der Waals surface area contributed by atoms with Gasteiger partial charge in [0.05, 0.1) is 10.9 Å². The molecule has 0 aliphatic carbocycles. The van der Waals surface area contributed by atoms with Crippen LogP contribution in [0.5, 0.6) is 0 Å². The molecule has 0 aliphatic heterocycles. The number of aromatic amines is 1. The smallest absolute Gasteiger partial charge is 0.270 e. The van der Waals surface area contributed by atoms with E-state index in [2.05, 4.69) is 4.98 Å². The third-order valence-electron chi connectivity index (χ3n) is 2.69. The van der Waals surface area contributed by atoms with Crippen LogP contribution in [0.1, 0.15) is 32.6 Å². The number of hydrogen-bond acceptors (Lipinski definition) is 3. The number of thiophene rings is 1. The molecule has 2 aromatic rings. The average Bonchev–Trinajstić information content (AvgIpc) is 2.97. The summed E-state index contributed by atoms with van der Waals surface area (Å²) in [6.45, 7) is 1.96. The van der Waals surface area contributed by atoms with E-state index >= 15 is 0 Å². The molecule has 0 fully saturated rings. The van der Waals surface area contributed by atoms with E-state index in [9.17, 15) is 9.59 Å². The lowest BCUT2D eigenvalue weighted by atomic mass is 10.2. The molecule has 2 rings (SSSR count). The van der Waals surface area contributed by atoms with Crippen molar-refractivity contribution in [1.82, 2.24) is 9.88 Å². The molecule has 100 valence electrons. The van der Waals surface area contributed by atoms with Crippen molar-refractivity contribution in [3.8, 4) is 0 Å². The summed E-state index contributed by atoms with van der Waals surface area (Å²) in [5.41, 5.74) is 0.922. The molecular formula is C13H13ClN2O2S. The Balaban J connectivity index is 2.07. The number of amides is 1. The van der Waals surface area contributed by atoms with Crippen LogP contribution in [-0.4, -0.2) is 28.6 Å². The maximum atomic E-state index is 12.1. The van der Waals surface area contributed by atoms with Crippen LogP contribution in [0.25, 0.3) is 0 Å². The van der Waals surface area contributed by atoms with E-state index in [0.717, 1.165) is 4.88 Å². The molecule has 2 heterocycles. The third kappa shape index (κ3) is 3.24. The number of nitrogens with one attached hydrogen (secondary N) is 1. The van der Waals surface area contributed by atoms with Gasteiger partial charge >= 0.3 is 0 Å². The molecule has 0 atom stereocenters. The lowest BCUT2D eigenvalue weighted by Gasteiger charge is -2.14. The number of ketones is 1. The number of carbonyl (C=O) groups is 2. The van der Waals surface area contributed by atoms with Crippen molar-refractivity contribution in [2.24, 2.45) is 0 Å². The Bertz CT molecular complexity index is 618. The topological polar surface area (TPSA) is 53.2 Å². The van der Waals surface area contributed by atoms with Gasteiger partial charge in [0.2, 0.25) is 0 Å². The number of nitrogens with zero attached hydrogens (tertiary/aromatic N) is 1. The van der Waals surface area contributed by atoms with E-state index in [1.54, 1.807) is 24.2 Å². The normalized spacial score (nSPS) is 10.5. The molecule has 6 heteroatoms. The fraction of sp³-hybridized carbons (Fsp3) is 0.231. The fourth-order valence-electron chi connectivity index (χ4n) is 1.67. The molecule has 0 saturated carbocycles. The van der Waals surface area contributed by atoms with Crippen molar-refractivity contribution >= 4 is 34.6 Å². The Hall–Kier alpha value is -1.59. The maximum Gasteiger partial charge on any atom is 0.270 e. The Morgan fingerprint density at radius 3 is 2.68 bits per heavy atom. The average molecular weight is 297 g/mol. The Labute approximate surface area is 120 Å². The van der Waals surface area contributed by atoms with E-state index in [1.165, 1.54) is 18.3 Å².